The molecule has 0 spiro atoms. The Morgan fingerprint density at radius 2 is 2.00 bits per heavy atom. The monoisotopic (exact) mass is 488 g/mol. The molecule has 2 aromatic carbocycles. The van der Waals surface area contributed by atoms with Gasteiger partial charge in [-0.05, 0) is 86.9 Å². The molecule has 186 valence electrons. The van der Waals surface area contributed by atoms with Crippen LogP contribution < -0.4 is 10.3 Å². The number of nitrogens with one attached hydrogen (secondary N) is 2. The lowest BCUT2D eigenvalue weighted by Gasteiger charge is -2.14. The minimum absolute atomic E-state index is 0.140. The second-order valence-corrected chi connectivity index (χ2v) is 8.61. The van der Waals surface area contributed by atoms with Crippen molar-refractivity contribution in [3.63, 3.8) is 0 Å². The lowest BCUT2D eigenvalue weighted by molar-refractivity contribution is -0.131. The number of aromatic nitrogens is 5. The van der Waals surface area contributed by atoms with Gasteiger partial charge < -0.3 is 19.7 Å². The summed E-state index contributed by atoms with van der Waals surface area (Å²) in [5.74, 6) is -0.0924. The normalized spacial score (nSPS) is 11.6. The topological polar surface area (TPSA) is 137 Å². The zero-order chi connectivity index (χ0) is 25.7. The molecule has 4 aromatic rings. The third-order valence-corrected chi connectivity index (χ3v) is 5.57. The number of hydrogen-bond acceptors (Lipinski definition) is 7. The largest absolute Gasteiger partial charge is 0.493 e. The SMILES string of the molecule is CCOc1cc(-c2cc(/C=C/C(=O)O)cc(CCCN(C)C)c2)ccc1-c1nc2[nH]nnc2c(=O)[nH]1. The molecule has 0 aliphatic heterocycles. The molecule has 2 aromatic heterocycles. The molecular formula is C26H28N6O4. The number of fused-ring (bicyclic) bond motifs is 1. The average molecular weight is 489 g/mol. The molecule has 2 heterocycles. The van der Waals surface area contributed by atoms with Crippen LogP contribution in [-0.2, 0) is 11.2 Å². The number of ether oxygens (including phenoxy) is 1. The van der Waals surface area contributed by atoms with Crippen molar-refractivity contribution in [3.8, 4) is 28.3 Å². The van der Waals surface area contributed by atoms with E-state index < -0.39 is 11.5 Å². The number of rotatable bonds is 10. The Labute approximate surface area is 207 Å². The molecule has 10 heteroatoms. The molecule has 0 radical (unpaired) electrons. The first-order valence-electron chi connectivity index (χ1n) is 11.6. The predicted octanol–water partition coefficient (Wildman–Crippen LogP) is 3.37. The third kappa shape index (κ3) is 5.84. The Morgan fingerprint density at radius 3 is 2.75 bits per heavy atom. The van der Waals surface area contributed by atoms with E-state index in [2.05, 4.69) is 36.3 Å². The lowest BCUT2D eigenvalue weighted by atomic mass is 9.96. The Bertz CT molecular complexity index is 1470. The predicted molar refractivity (Wildman–Crippen MR) is 138 cm³/mol. The summed E-state index contributed by atoms with van der Waals surface area (Å²) in [5.41, 5.74) is 4.42. The molecule has 0 unspecified atom stereocenters. The van der Waals surface area contributed by atoms with Crippen LogP contribution in [0.1, 0.15) is 24.5 Å². The minimum Gasteiger partial charge on any atom is -0.493 e. The van der Waals surface area contributed by atoms with Crippen LogP contribution in [0.15, 0.2) is 47.3 Å². The fraction of sp³-hybridized carbons (Fsp3) is 0.269. The van der Waals surface area contributed by atoms with E-state index in [0.717, 1.165) is 47.7 Å². The molecule has 0 aliphatic carbocycles. The van der Waals surface area contributed by atoms with Gasteiger partial charge in [0.25, 0.3) is 5.56 Å². The average Bonchev–Trinajstić information content (AvgIpc) is 3.32. The van der Waals surface area contributed by atoms with E-state index in [1.165, 1.54) is 0 Å². The molecule has 3 N–H and O–H groups in total. The maximum absolute atomic E-state index is 12.4. The maximum Gasteiger partial charge on any atom is 0.328 e. The van der Waals surface area contributed by atoms with Crippen molar-refractivity contribution >= 4 is 23.2 Å². The van der Waals surface area contributed by atoms with Crippen molar-refractivity contribution in [3.05, 3.63) is 64.0 Å². The molecule has 4 rings (SSSR count). The first kappa shape index (κ1) is 24.8. The number of aryl methyl sites for hydroxylation is 1. The molecule has 10 nitrogen and oxygen atoms in total. The fourth-order valence-electron chi connectivity index (χ4n) is 3.95. The molecule has 0 aliphatic rings. The number of hydrogen-bond donors (Lipinski definition) is 3. The van der Waals surface area contributed by atoms with E-state index in [0.29, 0.717) is 29.4 Å². The fourth-order valence-corrected chi connectivity index (χ4v) is 3.95. The summed E-state index contributed by atoms with van der Waals surface area (Å²) in [6, 6.07) is 11.7. The Kier molecular flexibility index (Phi) is 7.55. The molecular weight excluding hydrogens is 460 g/mol. The van der Waals surface area contributed by atoms with Crippen LogP contribution in [0.5, 0.6) is 5.75 Å². The zero-order valence-electron chi connectivity index (χ0n) is 20.4. The summed E-state index contributed by atoms with van der Waals surface area (Å²) in [6.45, 7) is 3.26. The van der Waals surface area contributed by atoms with Crippen LogP contribution in [0.3, 0.4) is 0 Å². The van der Waals surface area contributed by atoms with Crippen LogP contribution in [0.4, 0.5) is 0 Å². The highest BCUT2D eigenvalue weighted by Crippen LogP contribution is 2.34. The smallest absolute Gasteiger partial charge is 0.328 e. The number of carboxylic acid groups (broad SMARTS) is 1. The van der Waals surface area contributed by atoms with Gasteiger partial charge in [0, 0.05) is 6.08 Å². The van der Waals surface area contributed by atoms with Gasteiger partial charge in [0.2, 0.25) is 0 Å². The Balaban J connectivity index is 1.76. The lowest BCUT2D eigenvalue weighted by Crippen LogP contribution is -2.13. The molecule has 0 saturated carbocycles. The number of nitrogens with zero attached hydrogens (tertiary/aromatic N) is 4. The molecule has 0 saturated heterocycles. The second-order valence-electron chi connectivity index (χ2n) is 8.61. The van der Waals surface area contributed by atoms with Crippen molar-refractivity contribution < 1.29 is 14.6 Å². The van der Waals surface area contributed by atoms with E-state index in [4.69, 9.17) is 9.84 Å². The van der Waals surface area contributed by atoms with Gasteiger partial charge in [0.05, 0.1) is 12.2 Å². The van der Waals surface area contributed by atoms with Crippen molar-refractivity contribution in [2.45, 2.75) is 19.8 Å². The number of carboxylic acids is 1. The van der Waals surface area contributed by atoms with Crippen LogP contribution in [-0.4, -0.2) is 68.6 Å². The third-order valence-electron chi connectivity index (χ3n) is 5.57. The highest BCUT2D eigenvalue weighted by molar-refractivity contribution is 5.86. The van der Waals surface area contributed by atoms with Gasteiger partial charge in [0.1, 0.15) is 11.6 Å². The van der Waals surface area contributed by atoms with Crippen molar-refractivity contribution in [1.29, 1.82) is 0 Å². The number of aliphatic carboxylic acids is 1. The Hall–Kier alpha value is -4.31. The quantitative estimate of drug-likeness (QED) is 0.289. The van der Waals surface area contributed by atoms with Crippen LogP contribution in [0, 0.1) is 0 Å². The van der Waals surface area contributed by atoms with E-state index >= 15 is 0 Å². The van der Waals surface area contributed by atoms with Crippen LogP contribution >= 0.6 is 0 Å². The summed E-state index contributed by atoms with van der Waals surface area (Å²) in [4.78, 5) is 32.8. The summed E-state index contributed by atoms with van der Waals surface area (Å²) >= 11 is 0. The van der Waals surface area contributed by atoms with E-state index in [-0.39, 0.29) is 5.52 Å². The standard InChI is InChI=1S/C26H28N6O4/c1-4-36-21-15-18(8-9-20(21)24-27-25-23(26(35)28-24)29-31-30-25)19-13-16(6-5-11-32(2)3)12-17(14-19)7-10-22(33)34/h7-10,12-15H,4-6,11H2,1-3H3,(H,33,34)(H2,27,28,29,30,31,35)/b10-7+. The summed E-state index contributed by atoms with van der Waals surface area (Å²) in [7, 11) is 4.08. The second kappa shape index (κ2) is 11.0. The Morgan fingerprint density at radius 1 is 1.17 bits per heavy atom. The van der Waals surface area contributed by atoms with Gasteiger partial charge >= 0.3 is 5.97 Å². The first-order chi connectivity index (χ1) is 17.3. The van der Waals surface area contributed by atoms with Crippen molar-refractivity contribution in [2.24, 2.45) is 0 Å². The summed E-state index contributed by atoms with van der Waals surface area (Å²) < 4.78 is 5.92. The van der Waals surface area contributed by atoms with Crippen LogP contribution in [0.25, 0.3) is 39.8 Å². The van der Waals surface area contributed by atoms with Gasteiger partial charge in [-0.25, -0.2) is 14.9 Å². The van der Waals surface area contributed by atoms with Crippen molar-refractivity contribution in [2.75, 3.05) is 27.2 Å². The van der Waals surface area contributed by atoms with Gasteiger partial charge in [-0.15, -0.1) is 5.10 Å². The van der Waals surface area contributed by atoms with Crippen LogP contribution in [0.2, 0.25) is 0 Å². The maximum atomic E-state index is 12.4. The summed E-state index contributed by atoms with van der Waals surface area (Å²) in [6.07, 6.45) is 4.58. The first-order valence-corrected chi connectivity index (χ1v) is 11.6. The van der Waals surface area contributed by atoms with Crippen molar-refractivity contribution in [1.82, 2.24) is 30.3 Å². The molecule has 0 atom stereocenters. The molecule has 36 heavy (non-hydrogen) atoms. The zero-order valence-corrected chi connectivity index (χ0v) is 20.4. The highest BCUT2D eigenvalue weighted by atomic mass is 16.5. The van der Waals surface area contributed by atoms with E-state index in [1.54, 1.807) is 6.08 Å². The van der Waals surface area contributed by atoms with E-state index in [9.17, 15) is 9.59 Å². The number of aromatic amines is 2. The minimum atomic E-state index is -0.997. The van der Waals surface area contributed by atoms with Gasteiger partial charge in [0.15, 0.2) is 11.2 Å². The number of carbonyl (C=O) groups is 1. The van der Waals surface area contributed by atoms with Gasteiger partial charge in [-0.1, -0.05) is 23.4 Å². The highest BCUT2D eigenvalue weighted by Gasteiger charge is 2.15. The summed E-state index contributed by atoms with van der Waals surface area (Å²) in [5, 5.41) is 19.1. The number of H-pyrrole nitrogens is 2. The molecule has 0 amide bonds. The van der Waals surface area contributed by atoms with Gasteiger partial charge in [-0.3, -0.25) is 4.79 Å². The van der Waals surface area contributed by atoms with E-state index in [1.807, 2.05) is 51.4 Å². The number of benzene rings is 2. The molecule has 0 fully saturated rings. The molecule has 0 bridgehead atoms. The van der Waals surface area contributed by atoms with Gasteiger partial charge in [-0.2, -0.15) is 0 Å².